The molecule has 1 heterocycles. The summed E-state index contributed by atoms with van der Waals surface area (Å²) in [5.74, 6) is 6.49. The molecule has 7 unspecified atom stereocenters. The van der Waals surface area contributed by atoms with Gasteiger partial charge in [0.15, 0.2) is 0 Å². The Morgan fingerprint density at radius 3 is 2.20 bits per heavy atom. The first kappa shape index (κ1) is 31.1. The zero-order chi connectivity index (χ0) is 29.6. The van der Waals surface area contributed by atoms with Crippen LogP contribution in [0.15, 0.2) is 0 Å². The van der Waals surface area contributed by atoms with Crippen molar-refractivity contribution in [1.29, 1.82) is 0 Å². The average Bonchev–Trinajstić information content (AvgIpc) is 3.32. The SMILES string of the molecule is CC(=O)O[C@H]1CCC2(C)[C@H]3CCC4C5C(C(C)C)CCC5(C(O)C5SCCCS5)CC[C@@]4(C)C3(C)CC[C@H]2C1(C)C. The van der Waals surface area contributed by atoms with Crippen LogP contribution in [-0.2, 0) is 9.53 Å². The topological polar surface area (TPSA) is 46.5 Å². The van der Waals surface area contributed by atoms with Gasteiger partial charge >= 0.3 is 5.97 Å². The second-order valence-corrected chi connectivity index (χ2v) is 20.0. The second kappa shape index (κ2) is 10.6. The molecule has 234 valence electrons. The summed E-state index contributed by atoms with van der Waals surface area (Å²) in [5, 5.41) is 12.3. The van der Waals surface area contributed by atoms with E-state index in [-0.39, 0.29) is 29.0 Å². The summed E-state index contributed by atoms with van der Waals surface area (Å²) >= 11 is 4.12. The molecule has 1 N–H and O–H groups in total. The van der Waals surface area contributed by atoms with Crippen LogP contribution in [0.3, 0.4) is 0 Å². The number of aliphatic hydroxyl groups is 1. The van der Waals surface area contributed by atoms with Gasteiger partial charge in [-0.2, -0.15) is 0 Å². The number of esters is 1. The highest BCUT2D eigenvalue weighted by molar-refractivity contribution is 8.17. The van der Waals surface area contributed by atoms with Crippen LogP contribution in [0.5, 0.6) is 0 Å². The first-order valence-corrected chi connectivity index (χ1v) is 19.4. The van der Waals surface area contributed by atoms with Gasteiger partial charge in [0.2, 0.25) is 0 Å². The van der Waals surface area contributed by atoms with Crippen LogP contribution in [-0.4, -0.2) is 39.4 Å². The van der Waals surface area contributed by atoms with Gasteiger partial charge in [0.25, 0.3) is 0 Å². The highest BCUT2D eigenvalue weighted by Gasteiger charge is 2.72. The van der Waals surface area contributed by atoms with Gasteiger partial charge in [0.1, 0.15) is 6.10 Å². The number of hydrogen-bond donors (Lipinski definition) is 1. The van der Waals surface area contributed by atoms with E-state index in [4.69, 9.17) is 4.74 Å². The summed E-state index contributed by atoms with van der Waals surface area (Å²) in [4.78, 5) is 12.0. The Balaban J connectivity index is 1.34. The van der Waals surface area contributed by atoms with Gasteiger partial charge in [-0.3, -0.25) is 4.79 Å². The lowest BCUT2D eigenvalue weighted by Gasteiger charge is -2.73. The van der Waals surface area contributed by atoms with E-state index in [1.807, 2.05) is 0 Å². The Kier molecular flexibility index (Phi) is 8.05. The van der Waals surface area contributed by atoms with E-state index in [0.29, 0.717) is 38.6 Å². The van der Waals surface area contributed by atoms with E-state index in [1.54, 1.807) is 6.92 Å². The highest BCUT2D eigenvalue weighted by Crippen LogP contribution is 2.78. The van der Waals surface area contributed by atoms with E-state index in [1.165, 1.54) is 75.7 Å². The molecule has 0 radical (unpaired) electrons. The summed E-state index contributed by atoms with van der Waals surface area (Å²) in [6.07, 6.45) is 13.7. The van der Waals surface area contributed by atoms with Gasteiger partial charge in [0, 0.05) is 17.8 Å². The molecule has 1 aliphatic heterocycles. The van der Waals surface area contributed by atoms with E-state index >= 15 is 0 Å². The van der Waals surface area contributed by atoms with Crippen LogP contribution in [0.25, 0.3) is 0 Å². The smallest absolute Gasteiger partial charge is 0.302 e. The molecule has 0 spiro atoms. The lowest BCUT2D eigenvalue weighted by molar-refractivity contribution is -0.256. The van der Waals surface area contributed by atoms with Crippen LogP contribution >= 0.6 is 23.5 Å². The second-order valence-electron chi connectivity index (χ2n) is 17.2. The largest absolute Gasteiger partial charge is 0.462 e. The van der Waals surface area contributed by atoms with Crippen molar-refractivity contribution in [2.24, 2.45) is 62.6 Å². The Bertz CT molecular complexity index is 1010. The molecule has 0 aromatic carbocycles. The maximum absolute atomic E-state index is 12.3. The Hall–Kier alpha value is 0.130. The Labute approximate surface area is 260 Å². The first-order valence-electron chi connectivity index (χ1n) is 17.3. The molecule has 0 aromatic heterocycles. The zero-order valence-corrected chi connectivity index (χ0v) is 29.1. The lowest BCUT2D eigenvalue weighted by atomic mass is 9.32. The van der Waals surface area contributed by atoms with Crippen LogP contribution in [0.2, 0.25) is 0 Å². The molecule has 0 amide bonds. The predicted octanol–water partition coefficient (Wildman–Crippen LogP) is 9.21. The van der Waals surface area contributed by atoms with Crippen molar-refractivity contribution in [3.63, 3.8) is 0 Å². The molecule has 1 saturated heterocycles. The van der Waals surface area contributed by atoms with E-state index in [9.17, 15) is 9.90 Å². The maximum atomic E-state index is 12.3. The van der Waals surface area contributed by atoms with E-state index < -0.39 is 0 Å². The monoisotopic (exact) mass is 604 g/mol. The van der Waals surface area contributed by atoms with Crippen molar-refractivity contribution >= 4 is 29.5 Å². The number of hydrogen-bond acceptors (Lipinski definition) is 5. The molecule has 11 atom stereocenters. The molecule has 6 rings (SSSR count). The number of carbonyl (C=O) groups excluding carboxylic acids is 1. The van der Waals surface area contributed by atoms with Gasteiger partial charge in [-0.1, -0.05) is 48.5 Å². The Morgan fingerprint density at radius 2 is 1.54 bits per heavy atom. The van der Waals surface area contributed by atoms with E-state index in [0.717, 1.165) is 24.2 Å². The van der Waals surface area contributed by atoms with Crippen LogP contribution in [0.1, 0.15) is 126 Å². The fourth-order valence-electron chi connectivity index (χ4n) is 13.3. The Morgan fingerprint density at radius 1 is 0.829 bits per heavy atom. The standard InChI is InChI=1S/C36H60O3S2/c1-22(2)24-12-17-36(30(38)31-40-20-9-21-41-31)19-18-34(7)25(29(24)36)10-11-27-33(6)15-14-28(39-23(3)37)32(4,5)26(33)13-16-35(27,34)8/h22,24-31,38H,9-21H2,1-8H3/t24?,25?,26-,27+,28-,29?,30?,33?,34+,35?,36?/m0/s1. The molecule has 5 saturated carbocycles. The summed E-state index contributed by atoms with van der Waals surface area (Å²) in [6, 6.07) is 0. The van der Waals surface area contributed by atoms with Gasteiger partial charge in [-0.05, 0) is 134 Å². The number of ether oxygens (including phenoxy) is 1. The number of carbonyl (C=O) groups is 1. The zero-order valence-electron chi connectivity index (χ0n) is 27.5. The molecule has 0 bridgehead atoms. The fraction of sp³-hybridized carbons (Fsp3) is 0.972. The minimum absolute atomic E-state index is 0.0209. The molecule has 41 heavy (non-hydrogen) atoms. The van der Waals surface area contributed by atoms with Gasteiger partial charge in [-0.25, -0.2) is 0 Å². The molecule has 5 heteroatoms. The van der Waals surface area contributed by atoms with Crippen LogP contribution < -0.4 is 0 Å². The third kappa shape index (κ3) is 4.40. The number of fused-ring (bicyclic) bond motifs is 7. The van der Waals surface area contributed by atoms with Crippen molar-refractivity contribution < 1.29 is 14.6 Å². The quantitative estimate of drug-likeness (QED) is 0.324. The van der Waals surface area contributed by atoms with Crippen molar-refractivity contribution in [1.82, 2.24) is 0 Å². The van der Waals surface area contributed by atoms with Crippen LogP contribution in [0, 0.1) is 62.6 Å². The fourth-order valence-corrected chi connectivity index (χ4v) is 16.4. The molecule has 3 nitrogen and oxygen atoms in total. The molecule has 0 aromatic rings. The average molecular weight is 605 g/mol. The van der Waals surface area contributed by atoms with Crippen molar-refractivity contribution in [3.05, 3.63) is 0 Å². The minimum atomic E-state index is -0.160. The molecule has 6 fully saturated rings. The molecular formula is C36H60O3S2. The van der Waals surface area contributed by atoms with Gasteiger partial charge in [0.05, 0.1) is 10.7 Å². The number of aliphatic hydroxyl groups excluding tert-OH is 1. The lowest BCUT2D eigenvalue weighted by Crippen LogP contribution is -2.67. The molecule has 6 aliphatic rings. The highest BCUT2D eigenvalue weighted by atomic mass is 32.2. The molecular weight excluding hydrogens is 545 g/mol. The van der Waals surface area contributed by atoms with E-state index in [2.05, 4.69) is 72.0 Å². The summed E-state index contributed by atoms with van der Waals surface area (Å²) in [6.45, 7) is 19.5. The predicted molar refractivity (Wildman–Crippen MR) is 174 cm³/mol. The van der Waals surface area contributed by atoms with Crippen molar-refractivity contribution in [3.8, 4) is 0 Å². The third-order valence-electron chi connectivity index (χ3n) is 15.4. The molecule has 5 aliphatic carbocycles. The first-order chi connectivity index (χ1) is 19.2. The number of rotatable bonds is 4. The van der Waals surface area contributed by atoms with Gasteiger partial charge < -0.3 is 9.84 Å². The minimum Gasteiger partial charge on any atom is -0.462 e. The summed E-state index contributed by atoms with van der Waals surface area (Å²) in [7, 11) is 0. The van der Waals surface area contributed by atoms with Crippen molar-refractivity contribution in [2.45, 2.75) is 143 Å². The third-order valence-corrected chi connectivity index (χ3v) is 18.4. The van der Waals surface area contributed by atoms with Gasteiger partial charge in [-0.15, -0.1) is 23.5 Å². The normalized spacial score (nSPS) is 50.3. The summed E-state index contributed by atoms with van der Waals surface area (Å²) < 4.78 is 6.34. The number of thioether (sulfide) groups is 2. The van der Waals surface area contributed by atoms with Crippen molar-refractivity contribution in [2.75, 3.05) is 11.5 Å². The van der Waals surface area contributed by atoms with Crippen LogP contribution in [0.4, 0.5) is 0 Å². The maximum Gasteiger partial charge on any atom is 0.302 e. The summed E-state index contributed by atoms with van der Waals surface area (Å²) in [5.41, 5.74) is 1.11.